The van der Waals surface area contributed by atoms with Crippen LogP contribution < -0.4 is 4.74 Å². The maximum atomic E-state index is 5.59. The summed E-state index contributed by atoms with van der Waals surface area (Å²) < 4.78 is 5.59. The molecule has 0 amide bonds. The quantitative estimate of drug-likeness (QED) is 0.834. The minimum absolute atomic E-state index is 0.731. The van der Waals surface area contributed by atoms with Crippen LogP contribution in [0.4, 0.5) is 0 Å². The second kappa shape index (κ2) is 4.10. The summed E-state index contributed by atoms with van der Waals surface area (Å²) in [7, 11) is 0. The van der Waals surface area contributed by atoms with Crippen molar-refractivity contribution in [2.45, 2.75) is 33.1 Å². The first-order chi connectivity index (χ1) is 8.28. The zero-order chi connectivity index (χ0) is 11.8. The Hall–Kier alpha value is -1.44. The third-order valence-electron chi connectivity index (χ3n) is 3.72. The molecule has 1 unspecified atom stereocenters. The van der Waals surface area contributed by atoms with Crippen LogP contribution in [0.15, 0.2) is 18.2 Å². The minimum atomic E-state index is 0.731. The summed E-state index contributed by atoms with van der Waals surface area (Å²) in [5, 5.41) is 1.36. The van der Waals surface area contributed by atoms with Gasteiger partial charge >= 0.3 is 0 Å². The number of hydrogen-bond acceptors (Lipinski definition) is 1. The van der Waals surface area contributed by atoms with Crippen molar-refractivity contribution in [2.75, 3.05) is 6.61 Å². The second-order valence-corrected chi connectivity index (χ2v) is 5.07. The summed E-state index contributed by atoms with van der Waals surface area (Å²) in [6.07, 6.45) is 3.69. The van der Waals surface area contributed by atoms with Gasteiger partial charge in [-0.15, -0.1) is 0 Å². The van der Waals surface area contributed by atoms with Gasteiger partial charge in [-0.25, -0.2) is 0 Å². The molecule has 2 heteroatoms. The van der Waals surface area contributed by atoms with Gasteiger partial charge < -0.3 is 9.72 Å². The van der Waals surface area contributed by atoms with E-state index >= 15 is 0 Å². The average molecular weight is 229 g/mol. The van der Waals surface area contributed by atoms with Gasteiger partial charge in [-0.2, -0.15) is 0 Å². The molecule has 1 aliphatic carbocycles. The Labute approximate surface area is 102 Å². The van der Waals surface area contributed by atoms with Gasteiger partial charge in [0, 0.05) is 16.6 Å². The first-order valence-electron chi connectivity index (χ1n) is 6.54. The molecule has 0 bridgehead atoms. The van der Waals surface area contributed by atoms with E-state index in [0.717, 1.165) is 18.3 Å². The number of benzene rings is 1. The highest BCUT2D eigenvalue weighted by molar-refractivity contribution is 5.86. The molecule has 0 saturated heterocycles. The van der Waals surface area contributed by atoms with Gasteiger partial charge in [0.1, 0.15) is 5.75 Å². The van der Waals surface area contributed by atoms with Gasteiger partial charge in [0.05, 0.1) is 6.61 Å². The molecule has 0 aliphatic heterocycles. The van der Waals surface area contributed by atoms with E-state index in [-0.39, 0.29) is 0 Å². The summed E-state index contributed by atoms with van der Waals surface area (Å²) in [4.78, 5) is 3.55. The van der Waals surface area contributed by atoms with Crippen molar-refractivity contribution in [2.24, 2.45) is 5.92 Å². The van der Waals surface area contributed by atoms with E-state index in [2.05, 4.69) is 30.1 Å². The number of aromatic nitrogens is 1. The number of ether oxygens (including phenoxy) is 1. The third-order valence-corrected chi connectivity index (χ3v) is 3.72. The molecule has 2 aromatic rings. The molecule has 90 valence electrons. The van der Waals surface area contributed by atoms with Crippen LogP contribution in [0.5, 0.6) is 5.75 Å². The fourth-order valence-electron chi connectivity index (χ4n) is 2.83. The zero-order valence-electron chi connectivity index (χ0n) is 10.5. The van der Waals surface area contributed by atoms with Crippen molar-refractivity contribution in [3.63, 3.8) is 0 Å². The lowest BCUT2D eigenvalue weighted by Gasteiger charge is -2.18. The highest BCUT2D eigenvalue weighted by Crippen LogP contribution is 2.33. The normalized spacial score (nSPS) is 19.3. The van der Waals surface area contributed by atoms with Crippen molar-refractivity contribution in [1.29, 1.82) is 0 Å². The first kappa shape index (κ1) is 10.7. The van der Waals surface area contributed by atoms with Crippen LogP contribution in [0.2, 0.25) is 0 Å². The first-order valence-corrected chi connectivity index (χ1v) is 6.54. The van der Waals surface area contributed by atoms with E-state index in [9.17, 15) is 0 Å². The maximum Gasteiger partial charge on any atom is 0.120 e. The molecule has 1 aromatic carbocycles. The molecular weight excluding hydrogens is 210 g/mol. The minimum Gasteiger partial charge on any atom is -0.494 e. The molecule has 0 radical (unpaired) electrons. The number of rotatable bonds is 2. The van der Waals surface area contributed by atoms with Crippen LogP contribution in [-0.4, -0.2) is 11.6 Å². The Balaban J connectivity index is 2.11. The van der Waals surface area contributed by atoms with E-state index in [4.69, 9.17) is 4.74 Å². The number of fused-ring (bicyclic) bond motifs is 3. The molecule has 1 atom stereocenters. The molecular formula is C15H19NO. The van der Waals surface area contributed by atoms with E-state index in [1.54, 1.807) is 0 Å². The Kier molecular flexibility index (Phi) is 2.58. The number of hydrogen-bond donors (Lipinski definition) is 1. The monoisotopic (exact) mass is 229 g/mol. The highest BCUT2D eigenvalue weighted by atomic mass is 16.5. The number of aryl methyl sites for hydroxylation is 1. The maximum absolute atomic E-state index is 5.59. The van der Waals surface area contributed by atoms with Crippen molar-refractivity contribution in [3.8, 4) is 5.75 Å². The number of H-pyrrole nitrogens is 1. The van der Waals surface area contributed by atoms with Crippen molar-refractivity contribution < 1.29 is 4.74 Å². The van der Waals surface area contributed by atoms with Gasteiger partial charge in [0.15, 0.2) is 0 Å². The lowest BCUT2D eigenvalue weighted by molar-refractivity contribution is 0.340. The molecule has 17 heavy (non-hydrogen) atoms. The van der Waals surface area contributed by atoms with Crippen molar-refractivity contribution in [3.05, 3.63) is 29.5 Å². The average Bonchev–Trinajstić information content (AvgIpc) is 2.67. The molecule has 1 heterocycles. The van der Waals surface area contributed by atoms with Crippen LogP contribution in [0, 0.1) is 5.92 Å². The van der Waals surface area contributed by atoms with Crippen molar-refractivity contribution >= 4 is 10.9 Å². The summed E-state index contributed by atoms with van der Waals surface area (Å²) >= 11 is 0. The highest BCUT2D eigenvalue weighted by Gasteiger charge is 2.19. The van der Waals surface area contributed by atoms with Crippen LogP contribution in [0.1, 0.15) is 31.5 Å². The molecule has 0 spiro atoms. The van der Waals surface area contributed by atoms with Crippen LogP contribution >= 0.6 is 0 Å². The third kappa shape index (κ3) is 1.82. The zero-order valence-corrected chi connectivity index (χ0v) is 10.5. The lowest BCUT2D eigenvalue weighted by Crippen LogP contribution is -2.09. The summed E-state index contributed by atoms with van der Waals surface area (Å²) in [5.74, 6) is 1.79. The van der Waals surface area contributed by atoms with Gasteiger partial charge in [0.2, 0.25) is 0 Å². The van der Waals surface area contributed by atoms with Gasteiger partial charge in [-0.1, -0.05) is 6.92 Å². The predicted molar refractivity (Wildman–Crippen MR) is 70.7 cm³/mol. The summed E-state index contributed by atoms with van der Waals surface area (Å²) in [5.41, 5.74) is 4.21. The summed E-state index contributed by atoms with van der Waals surface area (Å²) in [6.45, 7) is 5.10. The van der Waals surface area contributed by atoms with Gasteiger partial charge in [-0.05, 0) is 55.9 Å². The Morgan fingerprint density at radius 1 is 1.41 bits per heavy atom. The van der Waals surface area contributed by atoms with Gasteiger partial charge in [0.25, 0.3) is 0 Å². The van der Waals surface area contributed by atoms with E-state index in [0.29, 0.717) is 0 Å². The standard InChI is InChI=1S/C15H19NO/c1-3-17-11-5-7-15-13(9-11)12-8-10(2)4-6-14(12)16-15/h5,7,9-10,16H,3-4,6,8H2,1-2H3. The predicted octanol–water partition coefficient (Wildman–Crippen LogP) is 3.69. The molecule has 0 saturated carbocycles. The Morgan fingerprint density at radius 3 is 3.12 bits per heavy atom. The fraction of sp³-hybridized carbons (Fsp3) is 0.467. The fourth-order valence-corrected chi connectivity index (χ4v) is 2.83. The Morgan fingerprint density at radius 2 is 2.29 bits per heavy atom. The van der Waals surface area contributed by atoms with E-state index in [1.807, 2.05) is 6.92 Å². The summed E-state index contributed by atoms with van der Waals surface area (Å²) in [6, 6.07) is 6.38. The van der Waals surface area contributed by atoms with Crippen LogP contribution in [0.25, 0.3) is 10.9 Å². The lowest BCUT2D eigenvalue weighted by atomic mass is 9.88. The molecule has 1 aliphatic rings. The number of aromatic amines is 1. The second-order valence-electron chi connectivity index (χ2n) is 5.07. The van der Waals surface area contributed by atoms with E-state index in [1.165, 1.54) is 41.4 Å². The topological polar surface area (TPSA) is 25.0 Å². The molecule has 1 N–H and O–H groups in total. The smallest absolute Gasteiger partial charge is 0.120 e. The SMILES string of the molecule is CCOc1ccc2[nH]c3c(c2c1)CC(C)CC3. The van der Waals surface area contributed by atoms with Crippen LogP contribution in [0.3, 0.4) is 0 Å². The Bertz CT molecular complexity index is 541. The van der Waals surface area contributed by atoms with Crippen LogP contribution in [-0.2, 0) is 12.8 Å². The number of nitrogens with one attached hydrogen (secondary N) is 1. The van der Waals surface area contributed by atoms with E-state index < -0.39 is 0 Å². The largest absolute Gasteiger partial charge is 0.494 e. The molecule has 1 aromatic heterocycles. The van der Waals surface area contributed by atoms with Crippen molar-refractivity contribution in [1.82, 2.24) is 4.98 Å². The molecule has 0 fully saturated rings. The van der Waals surface area contributed by atoms with Gasteiger partial charge in [-0.3, -0.25) is 0 Å². The molecule has 2 nitrogen and oxygen atoms in total. The molecule has 3 rings (SSSR count).